The van der Waals surface area contributed by atoms with Gasteiger partial charge in [0.15, 0.2) is 0 Å². The van der Waals surface area contributed by atoms with Crippen molar-refractivity contribution in [3.8, 4) is 5.75 Å². The molecule has 1 rings (SSSR count). The van der Waals surface area contributed by atoms with Crippen molar-refractivity contribution in [2.24, 2.45) is 0 Å². The number of likely N-dealkylation sites (N-methyl/N-ethyl adjacent to an activating group) is 1. The number of nitrogens with zero attached hydrogens (tertiary/aromatic N) is 1. The summed E-state index contributed by atoms with van der Waals surface area (Å²) in [7, 11) is 3.08. The topological polar surface area (TPSA) is 71.0 Å². The number of hydrogen-bond acceptors (Lipinski definition) is 4. The first-order valence-electron chi connectivity index (χ1n) is 7.09. The number of halogens is 1. The molecule has 0 radical (unpaired) electrons. The molecule has 1 aromatic rings. The lowest BCUT2D eigenvalue weighted by Gasteiger charge is -2.22. The van der Waals surface area contributed by atoms with Crippen LogP contribution in [0.15, 0.2) is 18.2 Å². The molecule has 0 saturated carbocycles. The van der Waals surface area contributed by atoms with Crippen LogP contribution in [0.5, 0.6) is 5.75 Å². The molecule has 0 aliphatic carbocycles. The average Bonchev–Trinajstić information content (AvgIpc) is 2.46. The van der Waals surface area contributed by atoms with Crippen LogP contribution in [0.1, 0.15) is 13.3 Å². The van der Waals surface area contributed by atoms with Crippen LogP contribution >= 0.6 is 11.6 Å². The van der Waals surface area contributed by atoms with Crippen LogP contribution in [0.3, 0.4) is 0 Å². The van der Waals surface area contributed by atoms with Crippen LogP contribution in [-0.2, 0) is 4.74 Å². The Morgan fingerprint density at radius 3 is 2.86 bits per heavy atom. The summed E-state index contributed by atoms with van der Waals surface area (Å²) in [5.74, 6) is 0.561. The highest BCUT2D eigenvalue weighted by Gasteiger charge is 2.15. The second-order valence-corrected chi connectivity index (χ2v) is 5.35. The van der Waals surface area contributed by atoms with E-state index in [1.54, 1.807) is 25.2 Å². The molecule has 1 aromatic carbocycles. The smallest absolute Gasteiger partial charge is 0.321 e. The van der Waals surface area contributed by atoms with Crippen molar-refractivity contribution in [2.45, 2.75) is 19.4 Å². The molecule has 0 aliphatic heterocycles. The van der Waals surface area contributed by atoms with Crippen molar-refractivity contribution >= 4 is 23.3 Å². The standard InChI is InChI=1S/C15H23ClN2O4/c1-4-7-22-14-6-5-11(16)8-13(14)17-15(20)18(2)9-12(19)10-21-3/h5-6,8,12,19H,4,7,9-10H2,1-3H3,(H,17,20)/t12-/m0/s1. The lowest BCUT2D eigenvalue weighted by atomic mass is 10.3. The van der Waals surface area contributed by atoms with Gasteiger partial charge in [-0.3, -0.25) is 0 Å². The molecular formula is C15H23ClN2O4. The van der Waals surface area contributed by atoms with E-state index in [1.165, 1.54) is 12.0 Å². The predicted octanol–water partition coefficient (Wildman–Crippen LogP) is 2.60. The number of benzene rings is 1. The Bertz CT molecular complexity index is 485. The van der Waals surface area contributed by atoms with Crippen LogP contribution in [-0.4, -0.2) is 56.1 Å². The minimum atomic E-state index is -0.740. The number of hydrogen-bond donors (Lipinski definition) is 2. The van der Waals surface area contributed by atoms with Gasteiger partial charge in [-0.15, -0.1) is 0 Å². The number of carbonyl (C=O) groups excluding carboxylic acids is 1. The number of aliphatic hydroxyl groups is 1. The molecule has 0 spiro atoms. The molecule has 2 N–H and O–H groups in total. The highest BCUT2D eigenvalue weighted by atomic mass is 35.5. The molecule has 0 aromatic heterocycles. The Hall–Kier alpha value is -1.50. The van der Waals surface area contributed by atoms with E-state index in [0.717, 1.165) is 6.42 Å². The summed E-state index contributed by atoms with van der Waals surface area (Å²) in [6.45, 7) is 2.87. The summed E-state index contributed by atoms with van der Waals surface area (Å²) in [6, 6.07) is 4.68. The normalized spacial score (nSPS) is 11.9. The summed E-state index contributed by atoms with van der Waals surface area (Å²) >= 11 is 5.96. The van der Waals surface area contributed by atoms with Crippen molar-refractivity contribution < 1.29 is 19.4 Å². The highest BCUT2D eigenvalue weighted by Crippen LogP contribution is 2.28. The van der Waals surface area contributed by atoms with Gasteiger partial charge < -0.3 is 24.8 Å². The molecule has 0 bridgehead atoms. The fraction of sp³-hybridized carbons (Fsp3) is 0.533. The first kappa shape index (κ1) is 18.5. The third-order valence-corrected chi connectivity index (χ3v) is 3.07. The Balaban J connectivity index is 2.71. The van der Waals surface area contributed by atoms with E-state index < -0.39 is 6.10 Å². The Kier molecular flexibility index (Phi) is 8.01. The minimum absolute atomic E-state index is 0.158. The van der Waals surface area contributed by atoms with Crippen LogP contribution < -0.4 is 10.1 Å². The van der Waals surface area contributed by atoms with Crippen molar-refractivity contribution in [3.05, 3.63) is 23.2 Å². The van der Waals surface area contributed by atoms with Gasteiger partial charge in [-0.2, -0.15) is 0 Å². The number of methoxy groups -OCH3 is 1. The zero-order chi connectivity index (χ0) is 16.5. The quantitative estimate of drug-likeness (QED) is 0.768. The second-order valence-electron chi connectivity index (χ2n) is 4.91. The number of amides is 2. The molecule has 0 heterocycles. The summed E-state index contributed by atoms with van der Waals surface area (Å²) in [6.07, 6.45) is 0.120. The Morgan fingerprint density at radius 2 is 2.23 bits per heavy atom. The molecule has 1 atom stereocenters. The molecule has 0 unspecified atom stereocenters. The molecule has 0 saturated heterocycles. The number of rotatable bonds is 8. The number of anilines is 1. The summed E-state index contributed by atoms with van der Waals surface area (Å²) < 4.78 is 10.4. The molecule has 0 aliphatic rings. The molecule has 0 fully saturated rings. The number of aliphatic hydroxyl groups excluding tert-OH is 1. The van der Waals surface area contributed by atoms with E-state index >= 15 is 0 Å². The number of ether oxygens (including phenoxy) is 2. The van der Waals surface area contributed by atoms with Crippen LogP contribution in [0.2, 0.25) is 5.02 Å². The maximum Gasteiger partial charge on any atom is 0.321 e. The highest BCUT2D eigenvalue weighted by molar-refractivity contribution is 6.31. The molecule has 2 amide bonds. The summed E-state index contributed by atoms with van der Waals surface area (Å²) in [5.41, 5.74) is 0.499. The monoisotopic (exact) mass is 330 g/mol. The van der Waals surface area contributed by atoms with Crippen LogP contribution in [0.4, 0.5) is 10.5 Å². The van der Waals surface area contributed by atoms with Crippen molar-refractivity contribution in [1.82, 2.24) is 4.90 Å². The second kappa shape index (κ2) is 9.50. The van der Waals surface area contributed by atoms with E-state index in [-0.39, 0.29) is 19.2 Å². The average molecular weight is 331 g/mol. The zero-order valence-corrected chi connectivity index (χ0v) is 13.9. The van der Waals surface area contributed by atoms with Gasteiger partial charge in [-0.05, 0) is 24.6 Å². The van der Waals surface area contributed by atoms with Gasteiger partial charge in [0, 0.05) is 19.2 Å². The molecular weight excluding hydrogens is 308 g/mol. The zero-order valence-electron chi connectivity index (χ0n) is 13.1. The van der Waals surface area contributed by atoms with Crippen LogP contribution in [0.25, 0.3) is 0 Å². The number of nitrogens with one attached hydrogen (secondary N) is 1. The Morgan fingerprint density at radius 1 is 1.50 bits per heavy atom. The largest absolute Gasteiger partial charge is 0.491 e. The first-order chi connectivity index (χ1) is 10.5. The van der Waals surface area contributed by atoms with E-state index in [9.17, 15) is 9.90 Å². The van der Waals surface area contributed by atoms with E-state index in [2.05, 4.69) is 5.32 Å². The lowest BCUT2D eigenvalue weighted by Crippen LogP contribution is -2.38. The van der Waals surface area contributed by atoms with Gasteiger partial charge in [0.2, 0.25) is 0 Å². The number of urea groups is 1. The van der Waals surface area contributed by atoms with Gasteiger partial charge >= 0.3 is 6.03 Å². The van der Waals surface area contributed by atoms with Gasteiger partial charge in [0.05, 0.1) is 31.5 Å². The third-order valence-electron chi connectivity index (χ3n) is 2.84. The third kappa shape index (κ3) is 6.09. The SMILES string of the molecule is CCCOc1ccc(Cl)cc1NC(=O)N(C)C[C@H](O)COC. The van der Waals surface area contributed by atoms with Gasteiger partial charge in [-0.1, -0.05) is 18.5 Å². The van der Waals surface area contributed by atoms with Crippen molar-refractivity contribution in [1.29, 1.82) is 0 Å². The van der Waals surface area contributed by atoms with E-state index in [1.807, 2.05) is 6.92 Å². The van der Waals surface area contributed by atoms with Crippen molar-refractivity contribution in [2.75, 3.05) is 39.2 Å². The molecule has 22 heavy (non-hydrogen) atoms. The number of carbonyl (C=O) groups is 1. The predicted molar refractivity (Wildman–Crippen MR) is 86.8 cm³/mol. The molecule has 124 valence electrons. The van der Waals surface area contributed by atoms with Crippen LogP contribution in [0, 0.1) is 0 Å². The summed E-state index contributed by atoms with van der Waals surface area (Å²) in [5, 5.41) is 12.9. The fourth-order valence-corrected chi connectivity index (χ4v) is 1.96. The van der Waals surface area contributed by atoms with Gasteiger partial charge in [-0.25, -0.2) is 4.79 Å². The molecule has 6 nitrogen and oxygen atoms in total. The molecule has 7 heteroatoms. The fourth-order valence-electron chi connectivity index (χ4n) is 1.79. The minimum Gasteiger partial charge on any atom is -0.491 e. The first-order valence-corrected chi connectivity index (χ1v) is 7.47. The van der Waals surface area contributed by atoms with E-state index in [0.29, 0.717) is 23.1 Å². The van der Waals surface area contributed by atoms with Gasteiger partial charge in [0.1, 0.15) is 5.75 Å². The Labute approximate surface area is 136 Å². The maximum absolute atomic E-state index is 12.2. The van der Waals surface area contributed by atoms with Gasteiger partial charge in [0.25, 0.3) is 0 Å². The van der Waals surface area contributed by atoms with Crippen molar-refractivity contribution in [3.63, 3.8) is 0 Å². The lowest BCUT2D eigenvalue weighted by molar-refractivity contribution is 0.0501. The maximum atomic E-state index is 12.2. The van der Waals surface area contributed by atoms with E-state index in [4.69, 9.17) is 21.1 Å². The summed E-state index contributed by atoms with van der Waals surface area (Å²) in [4.78, 5) is 13.5.